The molecular formula is C29H44N4O5. The summed E-state index contributed by atoms with van der Waals surface area (Å²) in [4.78, 5) is 45.5. The molecule has 2 aliphatic carbocycles. The standard InChI is InChI=1S/C29H44N4O5/c1-3-9-25-19(2)30-26(27(35)31-24(14-15-34)29(37)38)28(36)33(25)22-13-12-20-16-23(17-22)32(18-20)21-10-7-5-4-6-8-11-21/h3,9,20-24,34H,4-8,10-18H2,1-2H3,(H,31,35)(H,37,38)/b9-3-/t20?,22-,23?,24?/m0/s1. The third kappa shape index (κ3) is 6.37. The number of carboxylic acids is 1. The second-order valence-electron chi connectivity index (χ2n) is 11.4. The number of carboxylic acid groups (broad SMARTS) is 1. The zero-order chi connectivity index (χ0) is 27.2. The average molecular weight is 529 g/mol. The second kappa shape index (κ2) is 13.0. The van der Waals surface area contributed by atoms with Gasteiger partial charge in [-0.3, -0.25) is 14.5 Å². The first-order valence-corrected chi connectivity index (χ1v) is 14.5. The Labute approximate surface area is 225 Å². The number of likely N-dealkylation sites (tertiary alicyclic amines) is 1. The molecule has 1 aromatic rings. The Morgan fingerprint density at radius 1 is 1.05 bits per heavy atom. The molecule has 4 atom stereocenters. The highest BCUT2D eigenvalue weighted by Gasteiger charge is 2.41. The molecule has 0 spiro atoms. The highest BCUT2D eigenvalue weighted by molar-refractivity contribution is 5.94. The van der Waals surface area contributed by atoms with Crippen molar-refractivity contribution in [2.24, 2.45) is 5.92 Å². The molecule has 9 heteroatoms. The van der Waals surface area contributed by atoms with Crippen molar-refractivity contribution in [3.8, 4) is 0 Å². The topological polar surface area (TPSA) is 125 Å². The summed E-state index contributed by atoms with van der Waals surface area (Å²) in [5.41, 5.74) is 0.508. The molecule has 0 radical (unpaired) electrons. The van der Waals surface area contributed by atoms with Crippen LogP contribution in [0.5, 0.6) is 0 Å². The van der Waals surface area contributed by atoms with E-state index in [2.05, 4.69) is 15.2 Å². The van der Waals surface area contributed by atoms with Gasteiger partial charge in [0.05, 0.1) is 11.4 Å². The van der Waals surface area contributed by atoms with Crippen LogP contribution in [0.4, 0.5) is 0 Å². The number of aliphatic carboxylic acids is 1. The third-order valence-corrected chi connectivity index (χ3v) is 8.80. The van der Waals surface area contributed by atoms with E-state index in [4.69, 9.17) is 0 Å². The van der Waals surface area contributed by atoms with Gasteiger partial charge in [-0.25, -0.2) is 9.78 Å². The van der Waals surface area contributed by atoms with Gasteiger partial charge in [0.2, 0.25) is 0 Å². The molecule has 2 bridgehead atoms. The highest BCUT2D eigenvalue weighted by atomic mass is 16.4. The van der Waals surface area contributed by atoms with Crippen molar-refractivity contribution in [2.75, 3.05) is 13.2 Å². The number of nitrogens with zero attached hydrogens (tertiary/aromatic N) is 3. The summed E-state index contributed by atoms with van der Waals surface area (Å²) in [7, 11) is 0. The molecule has 38 heavy (non-hydrogen) atoms. The molecule has 2 heterocycles. The van der Waals surface area contributed by atoms with Crippen LogP contribution in [-0.4, -0.2) is 67.8 Å². The zero-order valence-corrected chi connectivity index (χ0v) is 22.9. The second-order valence-corrected chi connectivity index (χ2v) is 11.4. The van der Waals surface area contributed by atoms with E-state index in [-0.39, 0.29) is 18.2 Å². The number of hydrogen-bond acceptors (Lipinski definition) is 6. The fourth-order valence-corrected chi connectivity index (χ4v) is 6.94. The number of aromatic nitrogens is 2. The molecule has 3 fully saturated rings. The first-order valence-electron chi connectivity index (χ1n) is 14.5. The number of aliphatic hydroxyl groups excluding tert-OH is 1. The lowest BCUT2D eigenvalue weighted by Crippen LogP contribution is -2.46. The number of hydrogen-bond donors (Lipinski definition) is 3. The highest BCUT2D eigenvalue weighted by Crippen LogP contribution is 2.41. The molecule has 210 valence electrons. The van der Waals surface area contributed by atoms with E-state index >= 15 is 0 Å². The summed E-state index contributed by atoms with van der Waals surface area (Å²) >= 11 is 0. The van der Waals surface area contributed by atoms with Crippen molar-refractivity contribution in [2.45, 2.75) is 115 Å². The van der Waals surface area contributed by atoms with E-state index in [1.165, 1.54) is 51.4 Å². The molecule has 1 amide bonds. The lowest BCUT2D eigenvalue weighted by atomic mass is 9.93. The first-order chi connectivity index (χ1) is 18.3. The van der Waals surface area contributed by atoms with Gasteiger partial charge in [-0.05, 0) is 64.4 Å². The van der Waals surface area contributed by atoms with E-state index in [1.54, 1.807) is 11.5 Å². The van der Waals surface area contributed by atoms with Crippen molar-refractivity contribution < 1.29 is 19.8 Å². The molecular weight excluding hydrogens is 484 g/mol. The molecule has 3 unspecified atom stereocenters. The van der Waals surface area contributed by atoms with E-state index in [0.29, 0.717) is 29.4 Å². The first kappa shape index (κ1) is 28.5. The van der Waals surface area contributed by atoms with E-state index in [1.807, 2.05) is 19.1 Å². The normalized spacial score (nSPS) is 26.0. The number of rotatable bonds is 8. The average Bonchev–Trinajstić information content (AvgIpc) is 3.13. The molecule has 4 rings (SSSR count). The van der Waals surface area contributed by atoms with Crippen LogP contribution in [0.1, 0.15) is 112 Å². The number of carbonyl (C=O) groups is 2. The van der Waals surface area contributed by atoms with Crippen LogP contribution in [0.2, 0.25) is 0 Å². The van der Waals surface area contributed by atoms with Gasteiger partial charge in [0, 0.05) is 37.7 Å². The molecule has 1 aliphatic heterocycles. The molecule has 3 N–H and O–H groups in total. The van der Waals surface area contributed by atoms with Crippen LogP contribution >= 0.6 is 0 Å². The number of amides is 1. The van der Waals surface area contributed by atoms with Gasteiger partial charge in [-0.15, -0.1) is 0 Å². The van der Waals surface area contributed by atoms with Crippen LogP contribution in [0.25, 0.3) is 6.08 Å². The summed E-state index contributed by atoms with van der Waals surface area (Å²) < 4.78 is 1.76. The van der Waals surface area contributed by atoms with Crippen molar-refractivity contribution >= 4 is 18.0 Å². The van der Waals surface area contributed by atoms with Crippen molar-refractivity contribution in [3.05, 3.63) is 33.5 Å². The fraction of sp³-hybridized carbons (Fsp3) is 0.724. The summed E-state index contributed by atoms with van der Waals surface area (Å²) in [6.07, 6.45) is 16.7. The van der Waals surface area contributed by atoms with Crippen LogP contribution in [-0.2, 0) is 4.79 Å². The Balaban J connectivity index is 1.65. The number of allylic oxidation sites excluding steroid dienone is 1. The van der Waals surface area contributed by atoms with Gasteiger partial charge in [-0.1, -0.05) is 38.2 Å². The van der Waals surface area contributed by atoms with Crippen molar-refractivity contribution in [3.63, 3.8) is 0 Å². The summed E-state index contributed by atoms with van der Waals surface area (Å²) in [5.74, 6) is -1.44. The zero-order valence-electron chi connectivity index (χ0n) is 22.9. The predicted octanol–water partition coefficient (Wildman–Crippen LogP) is 3.68. The van der Waals surface area contributed by atoms with Gasteiger partial charge in [-0.2, -0.15) is 0 Å². The lowest BCUT2D eigenvalue weighted by Gasteiger charge is -2.37. The summed E-state index contributed by atoms with van der Waals surface area (Å²) in [6, 6.07) is -0.297. The minimum Gasteiger partial charge on any atom is -0.480 e. The number of aryl methyl sites for hydroxylation is 1. The molecule has 3 aliphatic rings. The Morgan fingerprint density at radius 3 is 2.42 bits per heavy atom. The van der Waals surface area contributed by atoms with Crippen LogP contribution in [0.15, 0.2) is 10.9 Å². The van der Waals surface area contributed by atoms with Gasteiger partial charge in [0.25, 0.3) is 11.5 Å². The van der Waals surface area contributed by atoms with Gasteiger partial charge < -0.3 is 20.1 Å². The summed E-state index contributed by atoms with van der Waals surface area (Å²) in [6.45, 7) is 4.44. The molecule has 0 aromatic carbocycles. The van der Waals surface area contributed by atoms with Crippen molar-refractivity contribution in [1.82, 2.24) is 19.8 Å². The third-order valence-electron chi connectivity index (χ3n) is 8.80. The quantitative estimate of drug-likeness (QED) is 0.470. The predicted molar refractivity (Wildman–Crippen MR) is 146 cm³/mol. The fourth-order valence-electron chi connectivity index (χ4n) is 6.94. The van der Waals surface area contributed by atoms with Gasteiger partial charge >= 0.3 is 5.97 Å². The maximum atomic E-state index is 13.8. The van der Waals surface area contributed by atoms with Crippen LogP contribution in [0.3, 0.4) is 0 Å². The number of fused-ring (bicyclic) bond motifs is 2. The molecule has 1 aromatic heterocycles. The molecule has 1 saturated heterocycles. The SMILES string of the molecule is C/C=C\c1c(C)nc(C(=O)NC(CCO)C(=O)O)c(=O)n1[C@H]1CCC2CC(C1)N(C1CCCCCCC1)C2. The van der Waals surface area contributed by atoms with Gasteiger partial charge in [0.15, 0.2) is 5.69 Å². The number of nitrogens with one attached hydrogen (secondary N) is 1. The Hall–Kier alpha value is -2.52. The van der Waals surface area contributed by atoms with E-state index in [0.717, 1.165) is 25.8 Å². The minimum absolute atomic E-state index is 0.0546. The smallest absolute Gasteiger partial charge is 0.326 e. The number of aliphatic hydroxyl groups is 1. The van der Waals surface area contributed by atoms with Crippen molar-refractivity contribution in [1.29, 1.82) is 0 Å². The monoisotopic (exact) mass is 528 g/mol. The minimum atomic E-state index is -1.29. The van der Waals surface area contributed by atoms with E-state index < -0.39 is 30.1 Å². The van der Waals surface area contributed by atoms with Crippen LogP contribution in [0, 0.1) is 12.8 Å². The van der Waals surface area contributed by atoms with Crippen LogP contribution < -0.4 is 10.9 Å². The van der Waals surface area contributed by atoms with Gasteiger partial charge in [0.1, 0.15) is 6.04 Å². The Bertz CT molecular complexity index is 1080. The lowest BCUT2D eigenvalue weighted by molar-refractivity contribution is -0.139. The van der Waals surface area contributed by atoms with E-state index in [9.17, 15) is 24.6 Å². The number of carbonyl (C=O) groups excluding carboxylic acids is 1. The Morgan fingerprint density at radius 2 is 1.76 bits per heavy atom. The maximum Gasteiger partial charge on any atom is 0.326 e. The Kier molecular flexibility index (Phi) is 9.76. The molecule has 9 nitrogen and oxygen atoms in total. The largest absolute Gasteiger partial charge is 0.480 e. The maximum absolute atomic E-state index is 13.8. The molecule has 2 saturated carbocycles. The summed E-state index contributed by atoms with van der Waals surface area (Å²) in [5, 5.41) is 21.0.